The first-order valence-electron chi connectivity index (χ1n) is 10.2. The van der Waals surface area contributed by atoms with Crippen LogP contribution in [0.2, 0.25) is 0 Å². The van der Waals surface area contributed by atoms with Crippen LogP contribution >= 0.6 is 0 Å². The van der Waals surface area contributed by atoms with Gasteiger partial charge in [0, 0.05) is 17.3 Å². The molecule has 5 heteroatoms. The Balaban J connectivity index is 1.74. The zero-order valence-corrected chi connectivity index (χ0v) is 16.1. The van der Waals surface area contributed by atoms with Crippen molar-refractivity contribution in [3.8, 4) is 0 Å². The van der Waals surface area contributed by atoms with Crippen molar-refractivity contribution in [2.24, 2.45) is 34.5 Å². The Morgan fingerprint density at radius 2 is 1.65 bits per heavy atom. The zero-order chi connectivity index (χ0) is 19.1. The number of aliphatic hydroxyl groups is 3. The molecule has 4 aliphatic carbocycles. The van der Waals surface area contributed by atoms with Crippen molar-refractivity contribution in [3.63, 3.8) is 0 Å². The average molecular weight is 364 g/mol. The number of fused-ring (bicyclic) bond motifs is 5. The standard InChI is InChI=1S/C21H32O5/c1-11(22)21(26)9-6-14-16-13(5-8-20(14,21)3)19(2)7-4-12(23)10-15(19)17(24)18(16)25/h12-17,23-24,26H,4-10H2,1-3H3/t12-,13+,14+,15-,16-,17-,19-,20+,21+/m1/s1. The largest absolute Gasteiger partial charge is 0.393 e. The summed E-state index contributed by atoms with van der Waals surface area (Å²) in [5.74, 6) is -0.666. The highest BCUT2D eigenvalue weighted by molar-refractivity contribution is 5.89. The maximum Gasteiger partial charge on any atom is 0.165 e. The van der Waals surface area contributed by atoms with E-state index in [4.69, 9.17) is 0 Å². The van der Waals surface area contributed by atoms with Crippen molar-refractivity contribution >= 4 is 11.6 Å². The topological polar surface area (TPSA) is 94.8 Å². The van der Waals surface area contributed by atoms with Crippen LogP contribution in [0.5, 0.6) is 0 Å². The van der Waals surface area contributed by atoms with E-state index in [1.165, 1.54) is 6.92 Å². The first-order valence-corrected chi connectivity index (χ1v) is 10.2. The third-order valence-corrected chi connectivity index (χ3v) is 9.24. The predicted molar refractivity (Wildman–Crippen MR) is 95.1 cm³/mol. The number of hydrogen-bond acceptors (Lipinski definition) is 5. The molecule has 146 valence electrons. The highest BCUT2D eigenvalue weighted by Gasteiger charge is 2.69. The van der Waals surface area contributed by atoms with Gasteiger partial charge in [-0.25, -0.2) is 0 Å². The molecule has 0 unspecified atom stereocenters. The fraction of sp³-hybridized carbons (Fsp3) is 0.905. The maximum atomic E-state index is 13.2. The molecule has 0 aromatic carbocycles. The summed E-state index contributed by atoms with van der Waals surface area (Å²) in [5.41, 5.74) is -2.10. The summed E-state index contributed by atoms with van der Waals surface area (Å²) in [4.78, 5) is 25.5. The van der Waals surface area contributed by atoms with E-state index in [1.807, 2.05) is 6.92 Å². The van der Waals surface area contributed by atoms with Gasteiger partial charge in [0.2, 0.25) is 0 Å². The van der Waals surface area contributed by atoms with E-state index < -0.39 is 23.2 Å². The minimum Gasteiger partial charge on any atom is -0.393 e. The molecule has 4 aliphatic rings. The van der Waals surface area contributed by atoms with Crippen molar-refractivity contribution in [1.29, 1.82) is 0 Å². The van der Waals surface area contributed by atoms with Crippen LogP contribution < -0.4 is 0 Å². The van der Waals surface area contributed by atoms with Gasteiger partial charge in [0.05, 0.1) is 6.10 Å². The maximum absolute atomic E-state index is 13.2. The molecule has 0 aliphatic heterocycles. The number of Topliss-reactive ketones (excluding diaryl/α,β-unsaturated/α-hetero) is 2. The smallest absolute Gasteiger partial charge is 0.165 e. The second kappa shape index (κ2) is 5.62. The summed E-state index contributed by atoms with van der Waals surface area (Å²) in [7, 11) is 0. The third-order valence-electron chi connectivity index (χ3n) is 9.24. The van der Waals surface area contributed by atoms with E-state index in [1.54, 1.807) is 0 Å². The van der Waals surface area contributed by atoms with E-state index >= 15 is 0 Å². The molecule has 0 bridgehead atoms. The lowest BCUT2D eigenvalue weighted by atomic mass is 9.43. The molecule has 26 heavy (non-hydrogen) atoms. The number of aliphatic hydroxyl groups excluding tert-OH is 2. The second-order valence-corrected chi connectivity index (χ2v) is 10.0. The summed E-state index contributed by atoms with van der Waals surface area (Å²) in [6.45, 7) is 5.61. The summed E-state index contributed by atoms with van der Waals surface area (Å²) in [6, 6.07) is 0. The van der Waals surface area contributed by atoms with Crippen LogP contribution in [0.1, 0.15) is 65.7 Å². The molecule has 5 nitrogen and oxygen atoms in total. The summed E-state index contributed by atoms with van der Waals surface area (Å²) < 4.78 is 0. The molecule has 0 amide bonds. The Hall–Kier alpha value is -0.780. The Labute approximate surface area is 155 Å². The van der Waals surface area contributed by atoms with E-state index in [9.17, 15) is 24.9 Å². The van der Waals surface area contributed by atoms with Crippen molar-refractivity contribution < 1.29 is 24.9 Å². The molecule has 0 radical (unpaired) electrons. The SMILES string of the molecule is CC(=O)[C@@]1(O)CC[C@H]2[C@@H]3C(=O)[C@H](O)[C@H]4C[C@H](O)CC[C@]4(C)[C@H]3CC[C@@]21C. The summed E-state index contributed by atoms with van der Waals surface area (Å²) >= 11 is 0. The van der Waals surface area contributed by atoms with Gasteiger partial charge in [-0.05, 0) is 69.1 Å². The van der Waals surface area contributed by atoms with Crippen LogP contribution in [0.15, 0.2) is 0 Å². The van der Waals surface area contributed by atoms with E-state index in [2.05, 4.69) is 6.92 Å². The van der Waals surface area contributed by atoms with E-state index in [0.717, 1.165) is 25.7 Å². The van der Waals surface area contributed by atoms with Crippen molar-refractivity contribution in [2.75, 3.05) is 0 Å². The fourth-order valence-electron chi connectivity index (χ4n) is 7.56. The highest BCUT2D eigenvalue weighted by Crippen LogP contribution is 2.67. The van der Waals surface area contributed by atoms with Crippen LogP contribution in [0.25, 0.3) is 0 Å². The Morgan fingerprint density at radius 3 is 2.31 bits per heavy atom. The van der Waals surface area contributed by atoms with Crippen molar-refractivity contribution in [3.05, 3.63) is 0 Å². The number of ketones is 2. The fourth-order valence-corrected chi connectivity index (χ4v) is 7.56. The summed E-state index contributed by atoms with van der Waals surface area (Å²) in [5, 5.41) is 32.1. The molecular formula is C21H32O5. The van der Waals surface area contributed by atoms with Crippen molar-refractivity contribution in [2.45, 2.75) is 83.5 Å². The molecule has 4 saturated carbocycles. The monoisotopic (exact) mass is 364 g/mol. The van der Waals surface area contributed by atoms with Crippen LogP contribution in [0, 0.1) is 34.5 Å². The van der Waals surface area contributed by atoms with Gasteiger partial charge in [-0.3, -0.25) is 9.59 Å². The van der Waals surface area contributed by atoms with Gasteiger partial charge in [-0.15, -0.1) is 0 Å². The molecule has 0 aromatic heterocycles. The Bertz CT molecular complexity index is 646. The lowest BCUT2D eigenvalue weighted by molar-refractivity contribution is -0.193. The first kappa shape index (κ1) is 18.6. The molecule has 3 N–H and O–H groups in total. The van der Waals surface area contributed by atoms with E-state index in [0.29, 0.717) is 19.3 Å². The number of carbonyl (C=O) groups is 2. The highest BCUT2D eigenvalue weighted by atomic mass is 16.3. The van der Waals surface area contributed by atoms with Crippen LogP contribution in [-0.2, 0) is 9.59 Å². The molecule has 4 fully saturated rings. The third kappa shape index (κ3) is 2.08. The number of hydrogen-bond donors (Lipinski definition) is 3. The van der Waals surface area contributed by atoms with Gasteiger partial charge >= 0.3 is 0 Å². The van der Waals surface area contributed by atoms with Crippen molar-refractivity contribution in [1.82, 2.24) is 0 Å². The molecular weight excluding hydrogens is 332 g/mol. The normalized spacial score (nSPS) is 56.5. The Kier molecular flexibility index (Phi) is 4.01. The van der Waals surface area contributed by atoms with Gasteiger partial charge in [0.1, 0.15) is 11.7 Å². The molecule has 4 rings (SSSR count). The molecule has 0 saturated heterocycles. The zero-order valence-electron chi connectivity index (χ0n) is 16.1. The quantitative estimate of drug-likeness (QED) is 0.660. The first-order chi connectivity index (χ1) is 12.1. The molecule has 9 atom stereocenters. The summed E-state index contributed by atoms with van der Waals surface area (Å²) in [6.07, 6.45) is 3.18. The average Bonchev–Trinajstić information content (AvgIpc) is 2.87. The lowest BCUT2D eigenvalue weighted by Crippen LogP contribution is -2.64. The molecule has 0 heterocycles. The minimum atomic E-state index is -1.35. The van der Waals surface area contributed by atoms with Crippen LogP contribution in [-0.4, -0.2) is 44.7 Å². The van der Waals surface area contributed by atoms with Gasteiger partial charge in [0.15, 0.2) is 11.6 Å². The van der Waals surface area contributed by atoms with Gasteiger partial charge in [-0.2, -0.15) is 0 Å². The molecule has 0 spiro atoms. The van der Waals surface area contributed by atoms with E-state index in [-0.39, 0.29) is 40.7 Å². The minimum absolute atomic E-state index is 0.0538. The second-order valence-electron chi connectivity index (χ2n) is 10.0. The predicted octanol–water partition coefficient (Wildman–Crippen LogP) is 1.86. The lowest BCUT2D eigenvalue weighted by Gasteiger charge is -2.61. The Morgan fingerprint density at radius 1 is 1.00 bits per heavy atom. The molecule has 0 aromatic rings. The van der Waals surface area contributed by atoms with Gasteiger partial charge in [0.25, 0.3) is 0 Å². The van der Waals surface area contributed by atoms with Gasteiger partial charge < -0.3 is 15.3 Å². The van der Waals surface area contributed by atoms with Crippen LogP contribution in [0.4, 0.5) is 0 Å². The number of rotatable bonds is 1. The number of carbonyl (C=O) groups excluding carboxylic acids is 2. The van der Waals surface area contributed by atoms with Gasteiger partial charge in [-0.1, -0.05) is 13.8 Å². The van der Waals surface area contributed by atoms with Crippen LogP contribution in [0.3, 0.4) is 0 Å².